The maximum absolute atomic E-state index is 5.74. The Labute approximate surface area is 100 Å². The molecule has 2 atom stereocenters. The van der Waals surface area contributed by atoms with Gasteiger partial charge >= 0.3 is 0 Å². The van der Waals surface area contributed by atoms with Gasteiger partial charge in [0.15, 0.2) is 0 Å². The van der Waals surface area contributed by atoms with Crippen LogP contribution in [0.15, 0.2) is 0 Å². The molecule has 0 spiro atoms. The molecule has 16 heavy (non-hydrogen) atoms. The highest BCUT2D eigenvalue weighted by atomic mass is 32.1. The highest BCUT2D eigenvalue weighted by Gasteiger charge is 2.26. The van der Waals surface area contributed by atoms with Crippen LogP contribution >= 0.6 is 11.5 Å². The minimum Gasteiger partial charge on any atom is -0.469 e. The van der Waals surface area contributed by atoms with E-state index in [0.29, 0.717) is 17.0 Å². The largest absolute Gasteiger partial charge is 0.469 e. The molecule has 1 fully saturated rings. The molecule has 1 aromatic rings. The summed E-state index contributed by atoms with van der Waals surface area (Å²) in [6, 6.07) is 0. The molecule has 0 saturated heterocycles. The normalized spacial score (nSPS) is 24.9. The van der Waals surface area contributed by atoms with E-state index in [4.69, 9.17) is 10.5 Å². The zero-order valence-corrected chi connectivity index (χ0v) is 10.5. The van der Waals surface area contributed by atoms with Crippen LogP contribution in [0.4, 0.5) is 0 Å². The Morgan fingerprint density at radius 1 is 1.44 bits per heavy atom. The maximum Gasteiger partial charge on any atom is 0.293 e. The van der Waals surface area contributed by atoms with Gasteiger partial charge in [0.1, 0.15) is 5.82 Å². The lowest BCUT2D eigenvalue weighted by atomic mass is 9.97. The number of nitrogens with two attached hydrogens (primary N) is 1. The third kappa shape index (κ3) is 2.71. The third-order valence-corrected chi connectivity index (χ3v) is 3.97. The van der Waals surface area contributed by atoms with Crippen molar-refractivity contribution in [2.45, 2.75) is 32.6 Å². The highest BCUT2D eigenvalue weighted by Crippen LogP contribution is 2.31. The molecule has 2 unspecified atom stereocenters. The van der Waals surface area contributed by atoms with Gasteiger partial charge < -0.3 is 10.5 Å². The molecule has 5 heteroatoms. The molecule has 1 aromatic heterocycles. The molecule has 90 valence electrons. The first kappa shape index (κ1) is 11.8. The highest BCUT2D eigenvalue weighted by molar-refractivity contribution is 7.07. The van der Waals surface area contributed by atoms with E-state index in [-0.39, 0.29) is 0 Å². The molecule has 1 aliphatic rings. The van der Waals surface area contributed by atoms with Crippen molar-refractivity contribution in [1.82, 2.24) is 9.36 Å². The lowest BCUT2D eigenvalue weighted by Gasteiger charge is -2.16. The quantitative estimate of drug-likeness (QED) is 0.854. The van der Waals surface area contributed by atoms with Crippen LogP contribution in [0, 0.1) is 11.8 Å². The smallest absolute Gasteiger partial charge is 0.293 e. The van der Waals surface area contributed by atoms with E-state index >= 15 is 0 Å². The van der Waals surface area contributed by atoms with Crippen LogP contribution in [0.2, 0.25) is 0 Å². The van der Waals surface area contributed by atoms with Crippen molar-refractivity contribution >= 4 is 11.5 Å². The maximum atomic E-state index is 5.74. The molecule has 0 radical (unpaired) electrons. The van der Waals surface area contributed by atoms with Gasteiger partial charge in [0.2, 0.25) is 0 Å². The van der Waals surface area contributed by atoms with Gasteiger partial charge in [-0.1, -0.05) is 13.3 Å². The lowest BCUT2D eigenvalue weighted by Crippen LogP contribution is -2.23. The van der Waals surface area contributed by atoms with E-state index < -0.39 is 0 Å². The fraction of sp³-hybridized carbons (Fsp3) is 0.818. The Morgan fingerprint density at radius 2 is 2.25 bits per heavy atom. The predicted octanol–water partition coefficient (Wildman–Crippen LogP) is 1.85. The number of aromatic nitrogens is 2. The molecule has 1 aliphatic carbocycles. The van der Waals surface area contributed by atoms with Gasteiger partial charge in [-0.05, 0) is 31.2 Å². The molecule has 0 aromatic carbocycles. The number of rotatable bonds is 5. The van der Waals surface area contributed by atoms with Crippen LogP contribution in [0.3, 0.4) is 0 Å². The number of hydrogen-bond acceptors (Lipinski definition) is 5. The Kier molecular flexibility index (Phi) is 4.12. The molecule has 2 N–H and O–H groups in total. The summed E-state index contributed by atoms with van der Waals surface area (Å²) >= 11 is 1.35. The Bertz CT molecular complexity index is 329. The molecule has 2 rings (SSSR count). The first-order chi connectivity index (χ1) is 7.83. The van der Waals surface area contributed by atoms with Gasteiger partial charge in [-0.15, -0.1) is 0 Å². The summed E-state index contributed by atoms with van der Waals surface area (Å²) in [7, 11) is 0. The molecule has 1 saturated carbocycles. The molecular formula is C11H19N3OS. The molecule has 1 heterocycles. The van der Waals surface area contributed by atoms with Gasteiger partial charge in [-0.2, -0.15) is 9.36 Å². The zero-order valence-electron chi connectivity index (χ0n) is 9.69. The lowest BCUT2D eigenvalue weighted by molar-refractivity contribution is 0.216. The Hall–Kier alpha value is -0.680. The van der Waals surface area contributed by atoms with E-state index in [9.17, 15) is 0 Å². The molecule has 0 aliphatic heterocycles. The first-order valence-electron chi connectivity index (χ1n) is 5.99. The molecular weight excluding hydrogens is 222 g/mol. The summed E-state index contributed by atoms with van der Waals surface area (Å²) in [6.07, 6.45) is 4.64. The number of aryl methyl sites for hydroxylation is 1. The van der Waals surface area contributed by atoms with Crippen LogP contribution in [0.25, 0.3) is 0 Å². The fourth-order valence-corrected chi connectivity index (χ4v) is 2.88. The van der Waals surface area contributed by atoms with Crippen molar-refractivity contribution in [2.24, 2.45) is 17.6 Å². The summed E-state index contributed by atoms with van der Waals surface area (Å²) < 4.78 is 9.89. The summed E-state index contributed by atoms with van der Waals surface area (Å²) in [5.74, 6) is 2.12. The van der Waals surface area contributed by atoms with E-state index in [1.807, 2.05) is 6.92 Å². The first-order valence-corrected chi connectivity index (χ1v) is 6.76. The monoisotopic (exact) mass is 241 g/mol. The van der Waals surface area contributed by atoms with Crippen LogP contribution in [-0.4, -0.2) is 22.5 Å². The topological polar surface area (TPSA) is 61.0 Å². The second kappa shape index (κ2) is 5.59. The van der Waals surface area contributed by atoms with Gasteiger partial charge in [0, 0.05) is 18.0 Å². The molecule has 0 bridgehead atoms. The van der Waals surface area contributed by atoms with E-state index in [2.05, 4.69) is 9.36 Å². The number of nitrogens with zero attached hydrogens (tertiary/aromatic N) is 2. The van der Waals surface area contributed by atoms with Gasteiger partial charge in [0.25, 0.3) is 5.19 Å². The number of hydrogen-bond donors (Lipinski definition) is 1. The van der Waals surface area contributed by atoms with E-state index in [0.717, 1.165) is 25.4 Å². The van der Waals surface area contributed by atoms with Crippen molar-refractivity contribution in [1.29, 1.82) is 0 Å². The standard InChI is InChI=1S/C11H19N3OS/c1-2-10-13-11(16-14-10)15-7-9-5-3-4-8(9)6-12/h8-9H,2-7,12H2,1H3. The van der Waals surface area contributed by atoms with Crippen LogP contribution < -0.4 is 10.5 Å². The van der Waals surface area contributed by atoms with Crippen molar-refractivity contribution in [3.63, 3.8) is 0 Å². The van der Waals surface area contributed by atoms with Crippen molar-refractivity contribution in [3.05, 3.63) is 5.82 Å². The predicted molar refractivity (Wildman–Crippen MR) is 64.7 cm³/mol. The van der Waals surface area contributed by atoms with Crippen molar-refractivity contribution < 1.29 is 4.74 Å². The summed E-state index contributed by atoms with van der Waals surface area (Å²) in [6.45, 7) is 3.58. The van der Waals surface area contributed by atoms with Crippen LogP contribution in [-0.2, 0) is 6.42 Å². The van der Waals surface area contributed by atoms with Crippen molar-refractivity contribution in [3.8, 4) is 5.19 Å². The summed E-state index contributed by atoms with van der Waals surface area (Å²) in [5, 5.41) is 0.708. The average Bonchev–Trinajstić information content (AvgIpc) is 2.94. The van der Waals surface area contributed by atoms with Crippen molar-refractivity contribution in [2.75, 3.05) is 13.2 Å². The Balaban J connectivity index is 1.82. The van der Waals surface area contributed by atoms with Gasteiger partial charge in [0.05, 0.1) is 6.61 Å². The molecule has 4 nitrogen and oxygen atoms in total. The summed E-state index contributed by atoms with van der Waals surface area (Å²) in [4.78, 5) is 4.29. The second-order valence-corrected chi connectivity index (χ2v) is 5.04. The number of ether oxygens (including phenoxy) is 1. The van der Waals surface area contributed by atoms with Crippen LogP contribution in [0.5, 0.6) is 5.19 Å². The second-order valence-electron chi connectivity index (χ2n) is 4.33. The zero-order chi connectivity index (χ0) is 11.4. The minimum absolute atomic E-state index is 0.610. The van der Waals surface area contributed by atoms with Gasteiger partial charge in [-0.25, -0.2) is 0 Å². The summed E-state index contributed by atoms with van der Waals surface area (Å²) in [5.41, 5.74) is 5.74. The van der Waals surface area contributed by atoms with E-state index in [1.165, 1.54) is 30.8 Å². The third-order valence-electron chi connectivity index (χ3n) is 3.31. The van der Waals surface area contributed by atoms with Crippen LogP contribution in [0.1, 0.15) is 32.0 Å². The van der Waals surface area contributed by atoms with E-state index in [1.54, 1.807) is 0 Å². The molecule has 0 amide bonds. The minimum atomic E-state index is 0.610. The SMILES string of the molecule is CCc1nsc(OCC2CCCC2CN)n1. The Morgan fingerprint density at radius 3 is 2.94 bits per heavy atom. The average molecular weight is 241 g/mol. The van der Waals surface area contributed by atoms with Gasteiger partial charge in [-0.3, -0.25) is 0 Å². The fourth-order valence-electron chi connectivity index (χ4n) is 2.26.